The van der Waals surface area contributed by atoms with E-state index in [1.54, 1.807) is 0 Å². The highest BCUT2D eigenvalue weighted by atomic mass is 16.5. The fourth-order valence-corrected chi connectivity index (χ4v) is 3.13. The summed E-state index contributed by atoms with van der Waals surface area (Å²) in [5.41, 5.74) is 3.14. The van der Waals surface area contributed by atoms with E-state index >= 15 is 0 Å². The number of ether oxygens (including phenoxy) is 1. The molecule has 3 rings (SSSR count). The Balaban J connectivity index is 1.61. The molecule has 0 bridgehead atoms. The molecule has 132 valence electrons. The van der Waals surface area contributed by atoms with Gasteiger partial charge < -0.3 is 15.0 Å². The summed E-state index contributed by atoms with van der Waals surface area (Å²) in [7, 11) is 0. The monoisotopic (exact) mass is 338 g/mol. The first-order valence-corrected chi connectivity index (χ1v) is 9.05. The topological polar surface area (TPSA) is 41.6 Å². The van der Waals surface area contributed by atoms with E-state index in [9.17, 15) is 4.79 Å². The van der Waals surface area contributed by atoms with Crippen LogP contribution in [0.2, 0.25) is 0 Å². The fourth-order valence-electron chi connectivity index (χ4n) is 3.13. The van der Waals surface area contributed by atoms with Crippen LogP contribution in [0.1, 0.15) is 31.7 Å². The molecule has 1 saturated heterocycles. The largest absolute Gasteiger partial charge is 0.481 e. The maximum absolute atomic E-state index is 12.5. The maximum atomic E-state index is 12.5. The number of carbonyl (C=O) groups is 1. The van der Waals surface area contributed by atoms with Gasteiger partial charge in [-0.15, -0.1) is 0 Å². The van der Waals surface area contributed by atoms with E-state index in [1.165, 1.54) is 18.5 Å². The Morgan fingerprint density at radius 3 is 2.52 bits per heavy atom. The lowest BCUT2D eigenvalue weighted by molar-refractivity contribution is -0.122. The van der Waals surface area contributed by atoms with Crippen molar-refractivity contribution >= 4 is 17.3 Å². The van der Waals surface area contributed by atoms with E-state index in [2.05, 4.69) is 22.3 Å². The molecule has 1 aliphatic rings. The second-order valence-electron chi connectivity index (χ2n) is 6.56. The highest BCUT2D eigenvalue weighted by Crippen LogP contribution is 2.22. The van der Waals surface area contributed by atoms with Gasteiger partial charge in [0.1, 0.15) is 5.75 Å². The number of nitrogens with zero attached hydrogens (tertiary/aromatic N) is 1. The molecule has 1 atom stereocenters. The number of aryl methyl sites for hydroxylation is 1. The Morgan fingerprint density at radius 2 is 1.88 bits per heavy atom. The first-order valence-electron chi connectivity index (χ1n) is 9.05. The first kappa shape index (κ1) is 17.3. The summed E-state index contributed by atoms with van der Waals surface area (Å²) in [5, 5.41) is 2.96. The third kappa shape index (κ3) is 4.53. The van der Waals surface area contributed by atoms with Gasteiger partial charge in [0.25, 0.3) is 5.91 Å². The highest BCUT2D eigenvalue weighted by molar-refractivity contribution is 5.94. The van der Waals surface area contributed by atoms with Crippen molar-refractivity contribution in [3.05, 3.63) is 54.1 Å². The zero-order valence-electron chi connectivity index (χ0n) is 15.0. The highest BCUT2D eigenvalue weighted by Gasteiger charge is 2.19. The molecule has 0 unspecified atom stereocenters. The van der Waals surface area contributed by atoms with Crippen LogP contribution >= 0.6 is 0 Å². The molecule has 4 nitrogen and oxygen atoms in total. The van der Waals surface area contributed by atoms with Crippen LogP contribution in [-0.4, -0.2) is 25.1 Å². The Labute approximate surface area is 149 Å². The van der Waals surface area contributed by atoms with Crippen molar-refractivity contribution in [2.24, 2.45) is 0 Å². The molecule has 25 heavy (non-hydrogen) atoms. The van der Waals surface area contributed by atoms with Crippen molar-refractivity contribution < 1.29 is 9.53 Å². The summed E-state index contributed by atoms with van der Waals surface area (Å²) < 4.78 is 5.86. The molecule has 0 radical (unpaired) electrons. The summed E-state index contributed by atoms with van der Waals surface area (Å²) in [4.78, 5) is 14.9. The van der Waals surface area contributed by atoms with E-state index in [0.29, 0.717) is 6.42 Å². The van der Waals surface area contributed by atoms with E-state index in [1.807, 2.05) is 50.2 Å². The number of hydrogen-bond acceptors (Lipinski definition) is 3. The van der Waals surface area contributed by atoms with Gasteiger partial charge in [0, 0.05) is 24.5 Å². The molecule has 1 heterocycles. The van der Waals surface area contributed by atoms with Crippen LogP contribution in [0.5, 0.6) is 5.75 Å². The van der Waals surface area contributed by atoms with Gasteiger partial charge in [-0.25, -0.2) is 0 Å². The minimum absolute atomic E-state index is 0.113. The fraction of sp³-hybridized carbons (Fsp3) is 0.381. The summed E-state index contributed by atoms with van der Waals surface area (Å²) >= 11 is 0. The van der Waals surface area contributed by atoms with Gasteiger partial charge in [0.05, 0.1) is 0 Å². The first-order chi connectivity index (χ1) is 12.2. The number of benzene rings is 2. The van der Waals surface area contributed by atoms with Crippen LogP contribution < -0.4 is 15.0 Å². The van der Waals surface area contributed by atoms with Gasteiger partial charge in [-0.05, 0) is 68.1 Å². The standard InChI is InChI=1S/C21H26N2O2/c1-3-20(25-19-8-6-7-16(2)15-19)21(24)22-17-9-11-18(12-10-17)23-13-4-5-14-23/h6-12,15,20H,3-5,13-14H2,1-2H3,(H,22,24)/t20-/m1/s1. The average molecular weight is 338 g/mol. The molecule has 1 N–H and O–H groups in total. The summed E-state index contributed by atoms with van der Waals surface area (Å²) in [5.74, 6) is 0.615. The molecular formula is C21H26N2O2. The van der Waals surface area contributed by atoms with Crippen molar-refractivity contribution in [3.8, 4) is 5.75 Å². The second-order valence-corrected chi connectivity index (χ2v) is 6.56. The molecule has 1 fully saturated rings. The number of nitrogens with one attached hydrogen (secondary N) is 1. The predicted octanol–water partition coefficient (Wildman–Crippen LogP) is 4.39. The summed E-state index contributed by atoms with van der Waals surface area (Å²) in [6.07, 6.45) is 2.63. The zero-order valence-corrected chi connectivity index (χ0v) is 15.0. The molecule has 0 spiro atoms. The van der Waals surface area contributed by atoms with E-state index in [-0.39, 0.29) is 5.91 Å². The molecule has 0 aliphatic carbocycles. The van der Waals surface area contributed by atoms with Gasteiger partial charge >= 0.3 is 0 Å². The third-order valence-electron chi connectivity index (χ3n) is 4.54. The lowest BCUT2D eigenvalue weighted by Gasteiger charge is -2.19. The number of amides is 1. The van der Waals surface area contributed by atoms with E-state index in [0.717, 1.165) is 30.1 Å². The molecule has 1 amide bonds. The number of anilines is 2. The Hall–Kier alpha value is -2.49. The van der Waals surface area contributed by atoms with Crippen LogP contribution in [0.4, 0.5) is 11.4 Å². The molecule has 0 saturated carbocycles. The second kappa shape index (κ2) is 8.06. The van der Waals surface area contributed by atoms with Gasteiger partial charge in [-0.1, -0.05) is 19.1 Å². The SMILES string of the molecule is CC[C@@H](Oc1cccc(C)c1)C(=O)Nc1ccc(N2CCCC2)cc1. The molecule has 2 aromatic rings. The Kier molecular flexibility index (Phi) is 5.59. The molecule has 1 aliphatic heterocycles. The van der Waals surface area contributed by atoms with E-state index in [4.69, 9.17) is 4.74 Å². The van der Waals surface area contributed by atoms with Gasteiger partial charge in [-0.2, -0.15) is 0 Å². The number of hydrogen-bond donors (Lipinski definition) is 1. The van der Waals surface area contributed by atoms with Crippen molar-refractivity contribution in [3.63, 3.8) is 0 Å². The van der Waals surface area contributed by atoms with Crippen molar-refractivity contribution in [2.45, 2.75) is 39.2 Å². The van der Waals surface area contributed by atoms with Crippen LogP contribution in [0.3, 0.4) is 0 Å². The average Bonchev–Trinajstić information content (AvgIpc) is 3.15. The van der Waals surface area contributed by atoms with Gasteiger partial charge in [-0.3, -0.25) is 4.79 Å². The number of carbonyl (C=O) groups excluding carboxylic acids is 1. The van der Waals surface area contributed by atoms with E-state index < -0.39 is 6.10 Å². The van der Waals surface area contributed by atoms with Crippen molar-refractivity contribution in [2.75, 3.05) is 23.3 Å². The molecule has 0 aromatic heterocycles. The quantitative estimate of drug-likeness (QED) is 0.849. The number of rotatable bonds is 6. The summed E-state index contributed by atoms with van der Waals surface area (Å²) in [6.45, 7) is 6.20. The van der Waals surface area contributed by atoms with Crippen LogP contribution in [0.15, 0.2) is 48.5 Å². The van der Waals surface area contributed by atoms with Crippen molar-refractivity contribution in [1.82, 2.24) is 0 Å². The normalized spacial score (nSPS) is 15.0. The minimum Gasteiger partial charge on any atom is -0.481 e. The van der Waals surface area contributed by atoms with Crippen LogP contribution in [0.25, 0.3) is 0 Å². The zero-order chi connectivity index (χ0) is 17.6. The Bertz CT molecular complexity index is 706. The lowest BCUT2D eigenvalue weighted by Crippen LogP contribution is -2.32. The minimum atomic E-state index is -0.500. The summed E-state index contributed by atoms with van der Waals surface area (Å²) in [6, 6.07) is 15.8. The Morgan fingerprint density at radius 1 is 1.16 bits per heavy atom. The predicted molar refractivity (Wildman–Crippen MR) is 102 cm³/mol. The molecule has 4 heteroatoms. The smallest absolute Gasteiger partial charge is 0.265 e. The van der Waals surface area contributed by atoms with Crippen LogP contribution in [-0.2, 0) is 4.79 Å². The lowest BCUT2D eigenvalue weighted by atomic mass is 10.2. The van der Waals surface area contributed by atoms with Gasteiger partial charge in [0.2, 0.25) is 0 Å². The molecular weight excluding hydrogens is 312 g/mol. The third-order valence-corrected chi connectivity index (χ3v) is 4.54. The maximum Gasteiger partial charge on any atom is 0.265 e. The van der Waals surface area contributed by atoms with Crippen molar-refractivity contribution in [1.29, 1.82) is 0 Å². The molecule has 2 aromatic carbocycles. The van der Waals surface area contributed by atoms with Gasteiger partial charge in [0.15, 0.2) is 6.10 Å². The van der Waals surface area contributed by atoms with Crippen LogP contribution in [0, 0.1) is 6.92 Å².